The molecule has 10 heteroatoms. The van der Waals surface area contributed by atoms with Crippen molar-refractivity contribution >= 4 is 40.4 Å². The summed E-state index contributed by atoms with van der Waals surface area (Å²) in [6.07, 6.45) is 1.03. The zero-order valence-electron chi connectivity index (χ0n) is 30.5. The fraction of sp³-hybridized carbons (Fsp3) is 0.525. The van der Waals surface area contributed by atoms with E-state index in [2.05, 4.69) is 16.0 Å². The molecule has 50 heavy (non-hydrogen) atoms. The lowest BCUT2D eigenvalue weighted by molar-refractivity contribution is -0.134. The van der Waals surface area contributed by atoms with E-state index in [9.17, 15) is 19.5 Å². The van der Waals surface area contributed by atoms with Gasteiger partial charge >= 0.3 is 6.09 Å². The van der Waals surface area contributed by atoms with E-state index >= 15 is 0 Å². The summed E-state index contributed by atoms with van der Waals surface area (Å²) < 4.78 is 11.1. The molecule has 0 spiro atoms. The summed E-state index contributed by atoms with van der Waals surface area (Å²) >= 11 is 1.34. The van der Waals surface area contributed by atoms with E-state index in [0.29, 0.717) is 19.3 Å². The lowest BCUT2D eigenvalue weighted by atomic mass is 9.67. The van der Waals surface area contributed by atoms with Gasteiger partial charge in [-0.2, -0.15) is 0 Å². The summed E-state index contributed by atoms with van der Waals surface area (Å²) in [4.78, 5) is 41.0. The molecule has 9 nitrogen and oxygen atoms in total. The number of carbonyl (C=O) groups is 3. The van der Waals surface area contributed by atoms with Crippen LogP contribution in [0.2, 0.25) is 0 Å². The van der Waals surface area contributed by atoms with Crippen molar-refractivity contribution in [2.24, 2.45) is 17.8 Å². The van der Waals surface area contributed by atoms with Crippen LogP contribution in [0.25, 0.3) is 10.8 Å². The molecule has 6 atom stereocenters. The molecule has 0 bridgehead atoms. The topological polar surface area (TPSA) is 126 Å². The second kappa shape index (κ2) is 17.6. The first-order valence-electron chi connectivity index (χ1n) is 17.6. The molecule has 3 amide bonds. The second-order valence-corrected chi connectivity index (χ2v) is 16.6. The van der Waals surface area contributed by atoms with Crippen molar-refractivity contribution < 1.29 is 29.0 Å². The molecule has 0 radical (unpaired) electrons. The molecule has 1 aliphatic rings. The first kappa shape index (κ1) is 39.2. The standard InChI is InChI=1S/C40H55N3O6S/c1-39(2,3)43-36(45)33-23-29(48-7)18-20-31(33)32(21-26-13-9-8-10-14-26)34(44)24-41-37(46)35(25-42-38(47)49-40(4,5)6)50-30-19-17-27-15-11-12-16-28(27)22-30/h8-17,19,22,29,31-35,44H,18,20-21,23-25H2,1-7H3,(H,41,46)(H,42,47)(H,43,45). The quantitative estimate of drug-likeness (QED) is 0.150. The lowest BCUT2D eigenvalue weighted by Crippen LogP contribution is -2.52. The third-order valence-electron chi connectivity index (χ3n) is 8.99. The van der Waals surface area contributed by atoms with E-state index in [1.54, 1.807) is 27.9 Å². The van der Waals surface area contributed by atoms with Gasteiger partial charge in [0.15, 0.2) is 0 Å². The normalized spacial score (nSPS) is 20.0. The largest absolute Gasteiger partial charge is 0.444 e. The van der Waals surface area contributed by atoms with Crippen LogP contribution in [0.15, 0.2) is 77.7 Å². The molecule has 0 heterocycles. The van der Waals surface area contributed by atoms with Crippen LogP contribution in [0.4, 0.5) is 4.79 Å². The van der Waals surface area contributed by atoms with Crippen LogP contribution in [0.5, 0.6) is 0 Å². The number of aliphatic hydroxyl groups excluding tert-OH is 1. The summed E-state index contributed by atoms with van der Waals surface area (Å²) in [5, 5.41) is 22.2. The smallest absolute Gasteiger partial charge is 0.407 e. The first-order valence-corrected chi connectivity index (χ1v) is 18.5. The highest BCUT2D eigenvalue weighted by atomic mass is 32.2. The number of thioether (sulfide) groups is 1. The van der Waals surface area contributed by atoms with Crippen LogP contribution in [-0.2, 0) is 25.5 Å². The molecule has 3 aromatic rings. The summed E-state index contributed by atoms with van der Waals surface area (Å²) in [5.41, 5.74) is -0.0401. The van der Waals surface area contributed by atoms with Crippen molar-refractivity contribution in [3.05, 3.63) is 78.4 Å². The molecule has 0 aromatic heterocycles. The molecule has 4 rings (SSSR count). The number of amides is 3. The van der Waals surface area contributed by atoms with Gasteiger partial charge in [-0.15, -0.1) is 11.8 Å². The van der Waals surface area contributed by atoms with Crippen molar-refractivity contribution in [3.8, 4) is 0 Å². The molecule has 3 aromatic carbocycles. The summed E-state index contributed by atoms with van der Waals surface area (Å²) in [7, 11) is 1.68. The van der Waals surface area contributed by atoms with Gasteiger partial charge in [0, 0.05) is 36.6 Å². The molecular formula is C40H55N3O6S. The van der Waals surface area contributed by atoms with Gasteiger partial charge in [0.1, 0.15) is 10.9 Å². The average Bonchev–Trinajstić information content (AvgIpc) is 3.06. The zero-order valence-corrected chi connectivity index (χ0v) is 31.3. The van der Waals surface area contributed by atoms with Crippen molar-refractivity contribution in [2.75, 3.05) is 20.2 Å². The summed E-state index contributed by atoms with van der Waals surface area (Å²) in [6, 6.07) is 24.0. The van der Waals surface area contributed by atoms with Gasteiger partial charge in [0.25, 0.3) is 0 Å². The highest BCUT2D eigenvalue weighted by molar-refractivity contribution is 8.00. The minimum atomic E-state index is -0.932. The van der Waals surface area contributed by atoms with Crippen LogP contribution in [0.1, 0.15) is 66.4 Å². The fourth-order valence-corrected chi connectivity index (χ4v) is 7.69. The number of aliphatic hydroxyl groups is 1. The van der Waals surface area contributed by atoms with E-state index in [1.165, 1.54) is 11.8 Å². The molecule has 0 aliphatic heterocycles. The average molecular weight is 706 g/mol. The number of carbonyl (C=O) groups excluding carboxylic acids is 3. The number of hydrogen-bond donors (Lipinski definition) is 4. The number of rotatable bonds is 13. The highest BCUT2D eigenvalue weighted by Gasteiger charge is 2.42. The Morgan fingerprint density at radius 1 is 0.880 bits per heavy atom. The molecular weight excluding hydrogens is 651 g/mol. The Hall–Kier alpha value is -3.60. The number of hydrogen-bond acceptors (Lipinski definition) is 7. The number of fused-ring (bicyclic) bond motifs is 1. The number of alkyl carbamates (subject to hydrolysis) is 1. The maximum Gasteiger partial charge on any atom is 0.407 e. The van der Waals surface area contributed by atoms with Crippen molar-refractivity contribution in [3.63, 3.8) is 0 Å². The molecule has 4 N–H and O–H groups in total. The first-order chi connectivity index (χ1) is 23.6. The Morgan fingerprint density at radius 2 is 1.56 bits per heavy atom. The van der Waals surface area contributed by atoms with E-state index in [1.807, 2.05) is 93.6 Å². The van der Waals surface area contributed by atoms with E-state index in [0.717, 1.165) is 27.7 Å². The van der Waals surface area contributed by atoms with Crippen LogP contribution in [0, 0.1) is 17.8 Å². The van der Waals surface area contributed by atoms with Crippen LogP contribution in [0.3, 0.4) is 0 Å². The predicted molar refractivity (Wildman–Crippen MR) is 200 cm³/mol. The Bertz CT molecular complexity index is 1570. The van der Waals surface area contributed by atoms with Gasteiger partial charge in [-0.05, 0) is 108 Å². The van der Waals surface area contributed by atoms with E-state index in [4.69, 9.17) is 9.47 Å². The predicted octanol–water partition coefficient (Wildman–Crippen LogP) is 6.51. The zero-order chi connectivity index (χ0) is 36.5. The molecule has 6 unspecified atom stereocenters. The number of methoxy groups -OCH3 is 1. The van der Waals surface area contributed by atoms with Crippen molar-refractivity contribution in [1.82, 2.24) is 16.0 Å². The maximum atomic E-state index is 13.9. The second-order valence-electron chi connectivity index (χ2n) is 15.3. The van der Waals surface area contributed by atoms with E-state index in [-0.39, 0.29) is 48.8 Å². The Morgan fingerprint density at radius 3 is 2.22 bits per heavy atom. The Labute approximate surface area is 301 Å². The van der Waals surface area contributed by atoms with Crippen LogP contribution in [-0.4, -0.2) is 71.8 Å². The van der Waals surface area contributed by atoms with Gasteiger partial charge in [0.2, 0.25) is 11.8 Å². The van der Waals surface area contributed by atoms with Crippen LogP contribution < -0.4 is 16.0 Å². The minimum Gasteiger partial charge on any atom is -0.444 e. The minimum absolute atomic E-state index is 0.00460. The number of nitrogens with one attached hydrogen (secondary N) is 3. The maximum absolute atomic E-state index is 13.9. The van der Waals surface area contributed by atoms with Crippen molar-refractivity contribution in [2.45, 2.75) is 101 Å². The number of ether oxygens (including phenoxy) is 2. The Balaban J connectivity index is 1.55. The molecule has 1 aliphatic carbocycles. The highest BCUT2D eigenvalue weighted by Crippen LogP contribution is 2.40. The molecule has 0 saturated heterocycles. The van der Waals surface area contributed by atoms with Crippen LogP contribution >= 0.6 is 11.8 Å². The third-order valence-corrected chi connectivity index (χ3v) is 10.2. The van der Waals surface area contributed by atoms with Gasteiger partial charge in [-0.1, -0.05) is 60.7 Å². The number of benzene rings is 3. The molecule has 1 saturated carbocycles. The van der Waals surface area contributed by atoms with Gasteiger partial charge in [-0.25, -0.2) is 4.79 Å². The van der Waals surface area contributed by atoms with Gasteiger partial charge < -0.3 is 30.5 Å². The van der Waals surface area contributed by atoms with Crippen molar-refractivity contribution in [1.29, 1.82) is 0 Å². The Kier molecular flexibility index (Phi) is 13.8. The molecule has 1 fully saturated rings. The van der Waals surface area contributed by atoms with Gasteiger partial charge in [-0.3, -0.25) is 9.59 Å². The lowest BCUT2D eigenvalue weighted by Gasteiger charge is -2.42. The monoisotopic (exact) mass is 705 g/mol. The third kappa shape index (κ3) is 12.0. The fourth-order valence-electron chi connectivity index (χ4n) is 6.66. The van der Waals surface area contributed by atoms with Gasteiger partial charge in [0.05, 0.1) is 12.2 Å². The molecule has 272 valence electrons. The summed E-state index contributed by atoms with van der Waals surface area (Å²) in [6.45, 7) is 11.3. The summed E-state index contributed by atoms with van der Waals surface area (Å²) in [5.74, 6) is -1.16. The van der Waals surface area contributed by atoms with E-state index < -0.39 is 28.6 Å². The SMILES string of the molecule is COC1CCC(C(Cc2ccccc2)C(O)CNC(=O)C(CNC(=O)OC(C)(C)C)Sc2ccc3ccccc3c2)C(C(=O)NC(C)(C)C)C1.